The van der Waals surface area contributed by atoms with Crippen molar-refractivity contribution in [3.8, 4) is 0 Å². The summed E-state index contributed by atoms with van der Waals surface area (Å²) in [6, 6.07) is 0. The number of aliphatic hydroxyl groups is 1. The van der Waals surface area contributed by atoms with E-state index in [2.05, 4.69) is 6.92 Å². The molecule has 0 spiro atoms. The fourth-order valence-corrected chi connectivity index (χ4v) is 4.24. The molecule has 0 saturated heterocycles. The molecule has 4 nitrogen and oxygen atoms in total. The van der Waals surface area contributed by atoms with Gasteiger partial charge in [-0.25, -0.2) is 8.42 Å². The predicted octanol–water partition coefficient (Wildman–Crippen LogP) is 2.16. The summed E-state index contributed by atoms with van der Waals surface area (Å²) in [6.45, 7) is 4.07. The van der Waals surface area contributed by atoms with Crippen molar-refractivity contribution in [2.24, 2.45) is 0 Å². The molecular weight excluding hydrogens is 363 g/mol. The predicted molar refractivity (Wildman–Crippen MR) is 100 cm³/mol. The van der Waals surface area contributed by atoms with Crippen molar-refractivity contribution < 1.29 is 69.5 Å². The van der Waals surface area contributed by atoms with Gasteiger partial charge in [0.25, 0.3) is 0 Å². The van der Waals surface area contributed by atoms with Crippen LogP contribution in [0.2, 0.25) is 0 Å². The minimum atomic E-state index is -4.39. The van der Waals surface area contributed by atoms with Gasteiger partial charge in [0.05, 0.1) is 11.4 Å². The number of unbranched alkanes of at least 4 members (excludes halogenated alkanes) is 11. The van der Waals surface area contributed by atoms with Gasteiger partial charge in [0.15, 0.2) is 0 Å². The van der Waals surface area contributed by atoms with Crippen LogP contribution in [0.25, 0.3) is 0 Å². The van der Waals surface area contributed by atoms with Gasteiger partial charge in [-0.15, -0.1) is 0 Å². The largest absolute Gasteiger partial charge is 1.00 e. The van der Waals surface area contributed by atoms with Gasteiger partial charge in [-0.1, -0.05) is 97.3 Å². The number of hydrogen-bond acceptors (Lipinski definition) is 4. The van der Waals surface area contributed by atoms with E-state index in [-0.39, 0.29) is 57.8 Å². The molecule has 0 saturated carbocycles. The van der Waals surface area contributed by atoms with Gasteiger partial charge in [0, 0.05) is 0 Å². The van der Waals surface area contributed by atoms with Crippen LogP contribution in [0.5, 0.6) is 0 Å². The van der Waals surface area contributed by atoms with Crippen LogP contribution in [0.4, 0.5) is 0 Å². The Balaban J connectivity index is 0. The topological polar surface area (TPSA) is 77.4 Å². The van der Waals surface area contributed by atoms with Crippen molar-refractivity contribution >= 4 is 10.1 Å². The second-order valence-corrected chi connectivity index (χ2v) is 8.66. The smallest absolute Gasteiger partial charge is 0.748 e. The average Bonchev–Trinajstić information content (AvgIpc) is 2.52. The van der Waals surface area contributed by atoms with Crippen molar-refractivity contribution in [3.63, 3.8) is 0 Å². The Hall–Kier alpha value is 1.51. The van der Waals surface area contributed by atoms with Gasteiger partial charge < -0.3 is 9.66 Å². The SMILES string of the molecule is CCCCCCCCCCCCCCC(O)C(CCC)S(=O)(=O)[O-].[K+]. The van der Waals surface area contributed by atoms with Gasteiger partial charge in [-0.3, -0.25) is 0 Å². The van der Waals surface area contributed by atoms with Crippen molar-refractivity contribution in [1.82, 2.24) is 0 Å². The molecule has 0 bridgehead atoms. The Labute approximate surface area is 199 Å². The molecule has 0 heterocycles. The zero-order valence-corrected chi connectivity index (χ0v) is 20.8. The van der Waals surface area contributed by atoms with Crippen LogP contribution in [0, 0.1) is 0 Å². The Morgan fingerprint density at radius 3 is 1.48 bits per heavy atom. The summed E-state index contributed by atoms with van der Waals surface area (Å²) < 4.78 is 33.5. The van der Waals surface area contributed by atoms with Crippen LogP contribution in [0.15, 0.2) is 0 Å². The Morgan fingerprint density at radius 1 is 0.720 bits per heavy atom. The molecule has 0 aliphatic carbocycles. The maximum Gasteiger partial charge on any atom is 1.00 e. The fourth-order valence-electron chi connectivity index (χ4n) is 3.19. The molecule has 0 aromatic rings. The summed E-state index contributed by atoms with van der Waals surface area (Å²) in [5, 5.41) is 8.83. The van der Waals surface area contributed by atoms with E-state index in [1.165, 1.54) is 57.8 Å². The van der Waals surface area contributed by atoms with Gasteiger partial charge in [-0.05, 0) is 12.8 Å². The molecule has 1 N–H and O–H groups in total. The first-order valence-electron chi connectivity index (χ1n) is 10.1. The van der Waals surface area contributed by atoms with E-state index in [1.807, 2.05) is 6.92 Å². The van der Waals surface area contributed by atoms with Crippen molar-refractivity contribution in [2.75, 3.05) is 0 Å². The summed E-state index contributed by atoms with van der Waals surface area (Å²) in [5.41, 5.74) is 0. The molecule has 0 aromatic carbocycles. The molecule has 0 rings (SSSR count). The molecule has 0 radical (unpaired) electrons. The van der Waals surface area contributed by atoms with Crippen LogP contribution in [-0.2, 0) is 10.1 Å². The monoisotopic (exact) mass is 402 g/mol. The van der Waals surface area contributed by atoms with Crippen molar-refractivity contribution in [1.29, 1.82) is 0 Å². The zero-order valence-electron chi connectivity index (χ0n) is 16.8. The summed E-state index contributed by atoms with van der Waals surface area (Å²) in [4.78, 5) is 0. The molecule has 0 aromatic heterocycles. The maximum atomic E-state index is 11.2. The number of hydrogen-bond donors (Lipinski definition) is 1. The fraction of sp³-hybridized carbons (Fsp3) is 1.00. The van der Waals surface area contributed by atoms with E-state index in [0.717, 1.165) is 19.3 Å². The molecule has 0 fully saturated rings. The molecule has 0 amide bonds. The third-order valence-electron chi connectivity index (χ3n) is 4.73. The molecule has 0 aliphatic heterocycles. The third-order valence-corrected chi connectivity index (χ3v) is 6.02. The van der Waals surface area contributed by atoms with Gasteiger partial charge in [0.2, 0.25) is 0 Å². The Kier molecular flexibility index (Phi) is 21.7. The van der Waals surface area contributed by atoms with Crippen LogP contribution in [0.3, 0.4) is 0 Å². The molecule has 146 valence electrons. The maximum absolute atomic E-state index is 11.2. The molecule has 2 unspecified atom stereocenters. The molecule has 2 atom stereocenters. The summed E-state index contributed by atoms with van der Waals surface area (Å²) >= 11 is 0. The van der Waals surface area contributed by atoms with Crippen LogP contribution in [-0.4, -0.2) is 29.4 Å². The Morgan fingerprint density at radius 2 is 1.12 bits per heavy atom. The summed E-state index contributed by atoms with van der Waals surface area (Å²) in [6.07, 6.45) is 15.1. The first-order chi connectivity index (χ1) is 11.4. The quantitative estimate of drug-likeness (QED) is 0.230. The molecule has 0 aliphatic rings. The number of rotatable bonds is 17. The van der Waals surface area contributed by atoms with Crippen molar-refractivity contribution in [2.45, 2.75) is 122 Å². The minimum absolute atomic E-state index is 0. The molecule has 6 heteroatoms. The van der Waals surface area contributed by atoms with Crippen LogP contribution >= 0.6 is 0 Å². The summed E-state index contributed by atoms with van der Waals surface area (Å²) in [7, 11) is -4.39. The van der Waals surface area contributed by atoms with Gasteiger partial charge >= 0.3 is 51.4 Å². The standard InChI is InChI=1S/C19H40O4S.K/c1-3-5-6-7-8-9-10-11-12-13-14-15-17-18(20)19(16-4-2)24(21,22)23;/h18-20H,3-17H2,1-2H3,(H,21,22,23);/q;+1/p-1. The van der Waals surface area contributed by atoms with Gasteiger partial charge in [0.1, 0.15) is 10.1 Å². The van der Waals surface area contributed by atoms with Crippen LogP contribution in [0.1, 0.15) is 110 Å². The van der Waals surface area contributed by atoms with E-state index in [9.17, 15) is 18.1 Å². The number of aliphatic hydroxyl groups excluding tert-OH is 1. The van der Waals surface area contributed by atoms with E-state index in [0.29, 0.717) is 12.8 Å². The summed E-state index contributed by atoms with van der Waals surface area (Å²) in [5.74, 6) is 0. The molecule has 25 heavy (non-hydrogen) atoms. The van der Waals surface area contributed by atoms with Crippen LogP contribution < -0.4 is 51.4 Å². The molecular formula is C19H39KO4S. The second kappa shape index (κ2) is 18.9. The van der Waals surface area contributed by atoms with E-state index in [4.69, 9.17) is 0 Å². The van der Waals surface area contributed by atoms with Crippen molar-refractivity contribution in [3.05, 3.63) is 0 Å². The normalized spacial score (nSPS) is 14.1. The first-order valence-corrected chi connectivity index (χ1v) is 11.5. The van der Waals surface area contributed by atoms with Gasteiger partial charge in [-0.2, -0.15) is 0 Å². The first kappa shape index (κ1) is 28.7. The second-order valence-electron chi connectivity index (χ2n) is 7.07. The zero-order chi connectivity index (χ0) is 18.3. The van der Waals surface area contributed by atoms with E-state index in [1.54, 1.807) is 0 Å². The Bertz CT molecular complexity index is 374. The average molecular weight is 403 g/mol. The van der Waals surface area contributed by atoms with E-state index < -0.39 is 21.5 Å². The van der Waals surface area contributed by atoms with E-state index >= 15 is 0 Å². The third kappa shape index (κ3) is 17.3. The minimum Gasteiger partial charge on any atom is -0.748 e.